The molecule has 0 saturated carbocycles. The summed E-state index contributed by atoms with van der Waals surface area (Å²) < 4.78 is 43.4. The lowest BCUT2D eigenvalue weighted by Crippen LogP contribution is -2.43. The summed E-state index contributed by atoms with van der Waals surface area (Å²) in [5.74, 6) is -1.85. The normalized spacial score (nSPS) is 19.0. The number of hydrogen-bond donors (Lipinski definition) is 3. The number of primary amides is 1. The molecule has 0 spiro atoms. The molecule has 4 rings (SSSR count). The van der Waals surface area contributed by atoms with E-state index in [1.165, 1.54) is 23.1 Å². The van der Waals surface area contributed by atoms with Crippen LogP contribution in [0, 0.1) is 11.2 Å². The van der Waals surface area contributed by atoms with Crippen LogP contribution in [0.15, 0.2) is 63.1 Å². The lowest BCUT2D eigenvalue weighted by Gasteiger charge is -2.35. The van der Waals surface area contributed by atoms with E-state index in [4.69, 9.17) is 5.73 Å². The fourth-order valence-corrected chi connectivity index (χ4v) is 6.07. The highest BCUT2D eigenvalue weighted by molar-refractivity contribution is 7.90. The molecule has 0 aromatic heterocycles. The summed E-state index contributed by atoms with van der Waals surface area (Å²) >= 11 is 0. The van der Waals surface area contributed by atoms with Gasteiger partial charge in [0.25, 0.3) is 15.9 Å². The number of nitrogens with one attached hydrogen (secondary N) is 1. The van der Waals surface area contributed by atoms with Gasteiger partial charge in [-0.3, -0.25) is 9.59 Å². The van der Waals surface area contributed by atoms with Gasteiger partial charge in [-0.25, -0.2) is 4.39 Å². The van der Waals surface area contributed by atoms with Crippen molar-refractivity contribution in [2.24, 2.45) is 15.5 Å². The number of benzene rings is 2. The molecule has 0 saturated heterocycles. The van der Waals surface area contributed by atoms with Crippen LogP contribution in [-0.4, -0.2) is 48.5 Å². The molecule has 2 heterocycles. The Labute approximate surface area is 208 Å². The monoisotopic (exact) mass is 514 g/mol. The van der Waals surface area contributed by atoms with E-state index in [9.17, 15) is 27.5 Å². The molecular weight excluding hydrogens is 487 g/mol. The predicted octanol–water partition coefficient (Wildman–Crippen LogP) is 2.16. The molecule has 0 aliphatic carbocycles. The number of nitrogens with zero attached hydrogens (tertiary/aromatic N) is 2. The molecule has 0 fully saturated rings. The molecule has 36 heavy (non-hydrogen) atoms. The van der Waals surface area contributed by atoms with Gasteiger partial charge < -0.3 is 21.1 Å². The first-order chi connectivity index (χ1) is 16.8. The third kappa shape index (κ3) is 4.63. The second-order valence-corrected chi connectivity index (χ2v) is 11.4. The highest BCUT2D eigenvalue weighted by atomic mass is 32.2. The van der Waals surface area contributed by atoms with E-state index in [-0.39, 0.29) is 47.1 Å². The van der Waals surface area contributed by atoms with E-state index in [1.54, 1.807) is 24.3 Å². The average molecular weight is 515 g/mol. The van der Waals surface area contributed by atoms with Crippen LogP contribution < -0.4 is 11.1 Å². The Bertz CT molecular complexity index is 1410. The molecule has 11 heteroatoms. The number of sulfonamides is 1. The van der Waals surface area contributed by atoms with Crippen LogP contribution >= 0.6 is 0 Å². The molecule has 2 aromatic rings. The van der Waals surface area contributed by atoms with Gasteiger partial charge in [0.15, 0.2) is 0 Å². The quantitative estimate of drug-likeness (QED) is 0.517. The zero-order chi connectivity index (χ0) is 26.4. The Kier molecular flexibility index (Phi) is 6.48. The molecule has 2 aliphatic heterocycles. The fraction of sp³-hybridized carbons (Fsp3) is 0.320. The molecule has 2 aliphatic rings. The molecule has 4 N–H and O–H groups in total. The number of aliphatic hydroxyl groups excluding tert-OH is 1. The first kappa shape index (κ1) is 25.5. The number of nitrogens with two attached hydrogens (primary N) is 1. The number of carbonyl (C=O) groups is 2. The van der Waals surface area contributed by atoms with Crippen molar-refractivity contribution >= 4 is 27.5 Å². The van der Waals surface area contributed by atoms with Gasteiger partial charge >= 0.3 is 0 Å². The summed E-state index contributed by atoms with van der Waals surface area (Å²) in [4.78, 5) is 26.1. The molecule has 190 valence electrons. The zero-order valence-corrected chi connectivity index (χ0v) is 20.9. The van der Waals surface area contributed by atoms with Crippen LogP contribution in [0.25, 0.3) is 0 Å². The zero-order valence-electron chi connectivity index (χ0n) is 20.1. The van der Waals surface area contributed by atoms with Crippen molar-refractivity contribution in [1.82, 2.24) is 10.2 Å². The summed E-state index contributed by atoms with van der Waals surface area (Å²) in [5.41, 5.74) is 5.43. The van der Waals surface area contributed by atoms with Crippen LogP contribution in [0.1, 0.15) is 37.5 Å². The van der Waals surface area contributed by atoms with Crippen LogP contribution in [-0.2, 0) is 32.7 Å². The van der Waals surface area contributed by atoms with Crippen LogP contribution in [0.5, 0.6) is 0 Å². The highest BCUT2D eigenvalue weighted by Crippen LogP contribution is 2.41. The van der Waals surface area contributed by atoms with Gasteiger partial charge in [0, 0.05) is 18.7 Å². The average Bonchev–Trinajstić information content (AvgIpc) is 3.18. The van der Waals surface area contributed by atoms with Crippen molar-refractivity contribution in [1.29, 1.82) is 0 Å². The lowest BCUT2D eigenvalue weighted by molar-refractivity contribution is -0.129. The van der Waals surface area contributed by atoms with E-state index < -0.39 is 39.1 Å². The second-order valence-electron chi connectivity index (χ2n) is 9.87. The van der Waals surface area contributed by atoms with Gasteiger partial charge in [-0.15, -0.1) is 0 Å². The molecule has 2 aromatic carbocycles. The summed E-state index contributed by atoms with van der Waals surface area (Å²) in [6.45, 7) is 5.53. The smallest absolute Gasteiger partial charge is 0.283 e. The molecule has 1 atom stereocenters. The van der Waals surface area contributed by atoms with Crippen molar-refractivity contribution in [2.75, 3.05) is 6.54 Å². The maximum Gasteiger partial charge on any atom is 0.283 e. The minimum absolute atomic E-state index is 0.0361. The minimum atomic E-state index is -4.18. The SMILES string of the molecule is CC(C)(C)[C@H]1C(O)=C(C2=NS(=O)(=O)c3c(CNCC(N)=O)cccc32)C(=O)N1Cc1ccc(F)cc1. The van der Waals surface area contributed by atoms with E-state index in [2.05, 4.69) is 9.71 Å². The first-order valence-electron chi connectivity index (χ1n) is 11.3. The van der Waals surface area contributed by atoms with E-state index >= 15 is 0 Å². The van der Waals surface area contributed by atoms with E-state index in [0.717, 1.165) is 0 Å². The maximum absolute atomic E-state index is 13.7. The first-order valence-corrected chi connectivity index (χ1v) is 12.7. The van der Waals surface area contributed by atoms with Gasteiger partial charge in [0.05, 0.1) is 12.6 Å². The van der Waals surface area contributed by atoms with Crippen molar-refractivity contribution in [3.05, 3.63) is 76.3 Å². The number of amides is 2. The Morgan fingerprint density at radius 3 is 2.47 bits per heavy atom. The number of carbonyl (C=O) groups excluding carboxylic acids is 2. The number of fused-ring (bicyclic) bond motifs is 1. The summed E-state index contributed by atoms with van der Waals surface area (Å²) in [6, 6.07) is 9.63. The fourth-order valence-electron chi connectivity index (χ4n) is 4.64. The van der Waals surface area contributed by atoms with E-state index in [1.807, 2.05) is 20.8 Å². The van der Waals surface area contributed by atoms with Gasteiger partial charge in [0.1, 0.15) is 27.8 Å². The number of hydrogen-bond acceptors (Lipinski definition) is 6. The highest BCUT2D eigenvalue weighted by Gasteiger charge is 2.49. The molecule has 0 unspecified atom stereocenters. The Morgan fingerprint density at radius 2 is 1.86 bits per heavy atom. The standard InChI is InChI=1S/C25H27FN4O5S/c1-25(2,3)23-21(32)19(24(33)30(23)13-14-7-9-16(26)10-8-14)20-17-6-4-5-15(11-28-12-18(27)31)22(17)36(34,35)29-20/h4-10,23,28,32H,11-13H2,1-3H3,(H2,27,31)/t23-/m1/s1. The number of aliphatic hydroxyl groups is 1. The minimum Gasteiger partial charge on any atom is -0.509 e. The van der Waals surface area contributed by atoms with Crippen LogP contribution in [0.4, 0.5) is 4.39 Å². The van der Waals surface area contributed by atoms with Crippen molar-refractivity contribution < 1.29 is 27.5 Å². The van der Waals surface area contributed by atoms with E-state index in [0.29, 0.717) is 11.1 Å². The lowest BCUT2D eigenvalue weighted by atomic mass is 9.84. The molecule has 2 amide bonds. The maximum atomic E-state index is 13.7. The summed E-state index contributed by atoms with van der Waals surface area (Å²) in [7, 11) is -4.18. The van der Waals surface area contributed by atoms with Crippen LogP contribution in [0.3, 0.4) is 0 Å². The largest absolute Gasteiger partial charge is 0.509 e. The second kappa shape index (κ2) is 9.14. The van der Waals surface area contributed by atoms with Crippen molar-refractivity contribution in [3.63, 3.8) is 0 Å². The molecule has 9 nitrogen and oxygen atoms in total. The topological polar surface area (TPSA) is 142 Å². The third-order valence-electron chi connectivity index (χ3n) is 6.06. The van der Waals surface area contributed by atoms with Gasteiger partial charge in [-0.05, 0) is 28.7 Å². The summed E-state index contributed by atoms with van der Waals surface area (Å²) in [6.07, 6.45) is 0. The third-order valence-corrected chi connectivity index (χ3v) is 7.48. The number of rotatable bonds is 7. The Morgan fingerprint density at radius 1 is 1.19 bits per heavy atom. The van der Waals surface area contributed by atoms with Crippen molar-refractivity contribution in [3.8, 4) is 0 Å². The van der Waals surface area contributed by atoms with Gasteiger partial charge in [0.2, 0.25) is 5.91 Å². The predicted molar refractivity (Wildman–Crippen MR) is 131 cm³/mol. The molecule has 0 radical (unpaired) electrons. The molecule has 0 bridgehead atoms. The summed E-state index contributed by atoms with van der Waals surface area (Å²) in [5, 5.41) is 14.1. The molecular formula is C25H27FN4O5S. The number of halogens is 1. The Hall–Kier alpha value is -3.57. The van der Waals surface area contributed by atoms with Gasteiger partial charge in [-0.2, -0.15) is 12.8 Å². The van der Waals surface area contributed by atoms with Gasteiger partial charge in [-0.1, -0.05) is 51.1 Å². The Balaban J connectivity index is 1.77. The van der Waals surface area contributed by atoms with Crippen molar-refractivity contribution in [2.45, 2.75) is 44.8 Å². The van der Waals surface area contributed by atoms with Crippen LogP contribution in [0.2, 0.25) is 0 Å².